The van der Waals surface area contributed by atoms with Crippen molar-refractivity contribution >= 4 is 11.3 Å². The van der Waals surface area contributed by atoms with E-state index >= 15 is 0 Å². The van der Waals surface area contributed by atoms with E-state index < -0.39 is 0 Å². The van der Waals surface area contributed by atoms with Gasteiger partial charge in [0, 0.05) is 23.2 Å². The fourth-order valence-corrected chi connectivity index (χ4v) is 2.67. The molecule has 0 saturated heterocycles. The number of aromatic nitrogens is 2. The normalized spacial score (nSPS) is 10.4. The van der Waals surface area contributed by atoms with Crippen LogP contribution in [0, 0.1) is 11.8 Å². The first-order chi connectivity index (χ1) is 8.70. The minimum Gasteiger partial charge on any atom is -0.329 e. The first-order valence-electron chi connectivity index (χ1n) is 5.99. The predicted octanol–water partition coefficient (Wildman–Crippen LogP) is 2.43. The van der Waals surface area contributed by atoms with Gasteiger partial charge in [0.25, 0.3) is 0 Å². The molecule has 0 atom stereocenters. The lowest BCUT2D eigenvalue weighted by atomic mass is 10.2. The van der Waals surface area contributed by atoms with Crippen molar-refractivity contribution in [3.8, 4) is 11.8 Å². The minimum absolute atomic E-state index is 0.409. The Bertz CT molecular complexity index is 569. The molecule has 0 spiro atoms. The highest BCUT2D eigenvalue weighted by Crippen LogP contribution is 2.19. The van der Waals surface area contributed by atoms with Gasteiger partial charge in [0.2, 0.25) is 0 Å². The van der Waals surface area contributed by atoms with E-state index in [1.165, 1.54) is 4.88 Å². The molecule has 18 heavy (non-hydrogen) atoms. The summed E-state index contributed by atoms with van der Waals surface area (Å²) in [7, 11) is 0. The molecule has 0 aromatic carbocycles. The Kier molecular flexibility index (Phi) is 4.19. The molecular formula is C14H17N3S. The van der Waals surface area contributed by atoms with Gasteiger partial charge in [-0.2, -0.15) is 0 Å². The van der Waals surface area contributed by atoms with E-state index in [0.29, 0.717) is 12.5 Å². The lowest BCUT2D eigenvalue weighted by molar-refractivity contribution is 0.674. The molecule has 2 aromatic heterocycles. The average Bonchev–Trinajstić information content (AvgIpc) is 2.96. The largest absolute Gasteiger partial charge is 0.329 e. The third-order valence-corrected chi connectivity index (χ3v) is 3.55. The molecule has 0 unspecified atom stereocenters. The van der Waals surface area contributed by atoms with E-state index in [2.05, 4.69) is 47.4 Å². The van der Waals surface area contributed by atoms with E-state index in [-0.39, 0.29) is 0 Å². The van der Waals surface area contributed by atoms with E-state index in [4.69, 9.17) is 5.73 Å². The lowest BCUT2D eigenvalue weighted by Gasteiger charge is -2.08. The highest BCUT2D eigenvalue weighted by Gasteiger charge is 2.08. The van der Waals surface area contributed by atoms with E-state index in [1.807, 2.05) is 12.4 Å². The Labute approximate surface area is 112 Å². The van der Waals surface area contributed by atoms with Gasteiger partial charge in [0.1, 0.15) is 5.82 Å². The van der Waals surface area contributed by atoms with Crippen molar-refractivity contribution in [1.82, 2.24) is 9.55 Å². The number of hydrogen-bond donors (Lipinski definition) is 1. The molecule has 0 aliphatic heterocycles. The molecule has 4 heteroatoms. The molecule has 3 nitrogen and oxygen atoms in total. The van der Waals surface area contributed by atoms with Crippen LogP contribution in [0.3, 0.4) is 0 Å². The summed E-state index contributed by atoms with van der Waals surface area (Å²) in [6.45, 7) is 5.59. The van der Waals surface area contributed by atoms with Crippen molar-refractivity contribution in [1.29, 1.82) is 0 Å². The van der Waals surface area contributed by atoms with Crippen LogP contribution in [0.15, 0.2) is 24.5 Å². The zero-order valence-corrected chi connectivity index (χ0v) is 11.5. The second-order valence-electron chi connectivity index (χ2n) is 4.34. The van der Waals surface area contributed by atoms with Gasteiger partial charge in [-0.05, 0) is 12.1 Å². The van der Waals surface area contributed by atoms with Crippen molar-refractivity contribution < 1.29 is 0 Å². The van der Waals surface area contributed by atoms with Crippen LogP contribution < -0.4 is 5.73 Å². The monoisotopic (exact) mass is 259 g/mol. The minimum atomic E-state index is 0.409. The molecule has 0 radical (unpaired) electrons. The van der Waals surface area contributed by atoms with Crippen LogP contribution in [-0.2, 0) is 6.54 Å². The van der Waals surface area contributed by atoms with Crippen LogP contribution in [0.2, 0.25) is 0 Å². The van der Waals surface area contributed by atoms with Gasteiger partial charge in [-0.25, -0.2) is 4.98 Å². The summed E-state index contributed by atoms with van der Waals surface area (Å²) in [5.41, 5.74) is 5.36. The fraction of sp³-hybridized carbons (Fsp3) is 0.357. The Morgan fingerprint density at radius 3 is 3.00 bits per heavy atom. The van der Waals surface area contributed by atoms with E-state index in [0.717, 1.165) is 17.2 Å². The molecule has 0 bridgehead atoms. The molecule has 2 aromatic rings. The van der Waals surface area contributed by atoms with Crippen LogP contribution in [0.5, 0.6) is 0 Å². The van der Waals surface area contributed by atoms with Crippen molar-refractivity contribution in [2.45, 2.75) is 26.3 Å². The maximum Gasteiger partial charge on any atom is 0.111 e. The molecule has 0 aliphatic rings. The molecule has 0 amide bonds. The quantitative estimate of drug-likeness (QED) is 0.860. The van der Waals surface area contributed by atoms with Gasteiger partial charge in [-0.3, -0.25) is 0 Å². The summed E-state index contributed by atoms with van der Waals surface area (Å²) < 4.78 is 2.19. The van der Waals surface area contributed by atoms with Crippen LogP contribution in [0.4, 0.5) is 0 Å². The first kappa shape index (κ1) is 12.9. The third kappa shape index (κ3) is 3.00. The van der Waals surface area contributed by atoms with Gasteiger partial charge in [0.15, 0.2) is 0 Å². The molecule has 2 N–H and O–H groups in total. The van der Waals surface area contributed by atoms with Crippen molar-refractivity contribution in [3.63, 3.8) is 0 Å². The number of nitrogens with zero attached hydrogens (tertiary/aromatic N) is 2. The summed E-state index contributed by atoms with van der Waals surface area (Å²) in [5, 5.41) is 0. The summed E-state index contributed by atoms with van der Waals surface area (Å²) >= 11 is 1.71. The topological polar surface area (TPSA) is 43.8 Å². The number of imidazole rings is 1. The summed E-state index contributed by atoms with van der Waals surface area (Å²) in [6.07, 6.45) is 3.89. The summed E-state index contributed by atoms with van der Waals surface area (Å²) in [6, 6.07) is 4.17. The highest BCUT2D eigenvalue weighted by atomic mass is 32.1. The van der Waals surface area contributed by atoms with Crippen LogP contribution in [0.1, 0.15) is 35.3 Å². The maximum absolute atomic E-state index is 5.36. The molecule has 2 heterocycles. The Morgan fingerprint density at radius 1 is 1.44 bits per heavy atom. The summed E-state index contributed by atoms with van der Waals surface area (Å²) in [5.74, 6) is 7.50. The number of hydrogen-bond acceptors (Lipinski definition) is 3. The van der Waals surface area contributed by atoms with Crippen LogP contribution in [0.25, 0.3) is 0 Å². The zero-order chi connectivity index (χ0) is 13.0. The molecular weight excluding hydrogens is 242 g/mol. The maximum atomic E-state index is 5.36. The van der Waals surface area contributed by atoms with Gasteiger partial charge >= 0.3 is 0 Å². The van der Waals surface area contributed by atoms with E-state index in [1.54, 1.807) is 11.3 Å². The van der Waals surface area contributed by atoms with Crippen molar-refractivity contribution in [3.05, 3.63) is 40.1 Å². The zero-order valence-electron chi connectivity index (χ0n) is 10.7. The number of rotatable bonds is 3. The van der Waals surface area contributed by atoms with Crippen molar-refractivity contribution in [2.24, 2.45) is 5.73 Å². The van der Waals surface area contributed by atoms with Gasteiger partial charge < -0.3 is 10.3 Å². The Morgan fingerprint density at radius 2 is 2.28 bits per heavy atom. The van der Waals surface area contributed by atoms with E-state index in [9.17, 15) is 0 Å². The highest BCUT2D eigenvalue weighted by molar-refractivity contribution is 7.12. The number of nitrogens with two attached hydrogens (primary N) is 1. The van der Waals surface area contributed by atoms with Crippen LogP contribution >= 0.6 is 11.3 Å². The fourth-order valence-electron chi connectivity index (χ4n) is 1.79. The number of thiophene rings is 1. The second-order valence-corrected chi connectivity index (χ2v) is 5.51. The van der Waals surface area contributed by atoms with Crippen LogP contribution in [-0.4, -0.2) is 16.1 Å². The molecule has 2 rings (SSSR count). The molecule has 0 fully saturated rings. The predicted molar refractivity (Wildman–Crippen MR) is 75.7 cm³/mol. The molecule has 0 aliphatic carbocycles. The SMILES string of the molecule is CC(C)c1nccn1Cc1ccc(C#CCN)s1. The lowest BCUT2D eigenvalue weighted by Crippen LogP contribution is -2.04. The van der Waals surface area contributed by atoms with Gasteiger partial charge in [-0.15, -0.1) is 11.3 Å². The molecule has 94 valence electrons. The standard InChI is InChI=1S/C14H17N3S/c1-11(2)14-16-8-9-17(14)10-13-6-5-12(18-13)4-3-7-15/h5-6,8-9,11H,7,10,15H2,1-2H3. The summed E-state index contributed by atoms with van der Waals surface area (Å²) in [4.78, 5) is 6.75. The average molecular weight is 259 g/mol. The first-order valence-corrected chi connectivity index (χ1v) is 6.81. The van der Waals surface area contributed by atoms with Gasteiger partial charge in [0.05, 0.1) is 18.0 Å². The Balaban J connectivity index is 2.14. The van der Waals surface area contributed by atoms with Gasteiger partial charge in [-0.1, -0.05) is 25.7 Å². The molecule has 0 saturated carbocycles. The van der Waals surface area contributed by atoms with Crippen molar-refractivity contribution in [2.75, 3.05) is 6.54 Å². The second kappa shape index (κ2) is 5.85. The smallest absolute Gasteiger partial charge is 0.111 e. The third-order valence-electron chi connectivity index (χ3n) is 2.57. The Hall–Kier alpha value is -1.57.